The lowest BCUT2D eigenvalue weighted by Crippen LogP contribution is -2.44. The molecule has 2 aliphatic heterocycles. The number of hydrogen-bond acceptors (Lipinski definition) is 9. The molecule has 3 aliphatic rings. The van der Waals surface area contributed by atoms with E-state index in [2.05, 4.69) is 35.5 Å². The van der Waals surface area contributed by atoms with Crippen LogP contribution >= 0.6 is 0 Å². The van der Waals surface area contributed by atoms with E-state index in [4.69, 9.17) is 4.74 Å². The average Bonchev–Trinajstić information content (AvgIpc) is 3.47. The van der Waals surface area contributed by atoms with Crippen LogP contribution in [0.4, 0.5) is 47.8 Å². The molecule has 0 bridgehead atoms. The number of methoxy groups -OCH3 is 1. The zero-order valence-electron chi connectivity index (χ0n) is 26.6. The molecule has 7 rings (SSSR count). The third-order valence-corrected chi connectivity index (χ3v) is 9.14. The summed E-state index contributed by atoms with van der Waals surface area (Å²) in [7, 11) is 1.50. The highest BCUT2D eigenvalue weighted by molar-refractivity contribution is 6.05. The van der Waals surface area contributed by atoms with Crippen LogP contribution in [0.25, 0.3) is 0 Å². The molecule has 3 N–H and O–H groups in total. The number of imidazole rings is 1. The number of H-pyrrole nitrogens is 1. The molecule has 11 nitrogen and oxygen atoms in total. The van der Waals surface area contributed by atoms with Gasteiger partial charge in [0, 0.05) is 72.7 Å². The molecular weight excluding hydrogens is 623 g/mol. The van der Waals surface area contributed by atoms with E-state index >= 15 is 0 Å². The maximum Gasteiger partial charge on any atom is 0.416 e. The number of likely N-dealkylation sites (tertiary alicyclic amines) is 1. The van der Waals surface area contributed by atoms with Crippen molar-refractivity contribution in [3.63, 3.8) is 0 Å². The van der Waals surface area contributed by atoms with Crippen LogP contribution in [0, 0.1) is 0 Å². The fourth-order valence-electron chi connectivity index (χ4n) is 6.52. The number of benzene rings is 2. The average molecular weight is 662 g/mol. The van der Waals surface area contributed by atoms with Crippen LogP contribution in [0.2, 0.25) is 0 Å². The molecule has 4 aromatic rings. The Morgan fingerprint density at radius 2 is 1.75 bits per heavy atom. The molecule has 0 atom stereocenters. The number of halogens is 3. The number of carbonyl (C=O) groups excluding carboxylic acids is 1. The molecule has 2 aromatic carbocycles. The van der Waals surface area contributed by atoms with Gasteiger partial charge >= 0.3 is 6.18 Å². The molecule has 48 heavy (non-hydrogen) atoms. The second-order valence-corrected chi connectivity index (χ2v) is 12.5. The first-order valence-electron chi connectivity index (χ1n) is 16.3. The number of nitrogens with one attached hydrogen (secondary N) is 3. The Balaban J connectivity index is 1.17. The van der Waals surface area contributed by atoms with Gasteiger partial charge in [0.2, 0.25) is 5.95 Å². The number of aromatic nitrogens is 4. The van der Waals surface area contributed by atoms with Crippen LogP contribution in [-0.4, -0.2) is 76.1 Å². The number of nitrogens with zero attached hydrogens (tertiary/aromatic N) is 6. The molecule has 2 saturated heterocycles. The highest BCUT2D eigenvalue weighted by atomic mass is 19.4. The fraction of sp³-hybridized carbons (Fsp3) is 0.412. The van der Waals surface area contributed by atoms with Gasteiger partial charge in [-0.1, -0.05) is 0 Å². The van der Waals surface area contributed by atoms with Crippen molar-refractivity contribution >= 4 is 40.6 Å². The van der Waals surface area contributed by atoms with Gasteiger partial charge in [0.05, 0.1) is 18.4 Å². The summed E-state index contributed by atoms with van der Waals surface area (Å²) < 4.78 is 47.9. The third-order valence-electron chi connectivity index (χ3n) is 9.14. The highest BCUT2D eigenvalue weighted by Gasteiger charge is 2.34. The first-order valence-corrected chi connectivity index (χ1v) is 16.3. The summed E-state index contributed by atoms with van der Waals surface area (Å²) in [6.45, 7) is 3.43. The lowest BCUT2D eigenvalue weighted by atomic mass is 10.0. The Morgan fingerprint density at radius 3 is 2.44 bits per heavy atom. The molecule has 0 unspecified atom stereocenters. The van der Waals surface area contributed by atoms with Gasteiger partial charge in [0.15, 0.2) is 0 Å². The van der Waals surface area contributed by atoms with E-state index in [1.165, 1.54) is 26.3 Å². The second kappa shape index (κ2) is 13.3. The topological polar surface area (TPSA) is 115 Å². The van der Waals surface area contributed by atoms with Crippen molar-refractivity contribution in [1.82, 2.24) is 24.8 Å². The molecular formula is C34H38F3N9O2. The molecule has 1 aliphatic carbocycles. The number of anilines is 6. The monoisotopic (exact) mass is 661 g/mol. The van der Waals surface area contributed by atoms with Crippen molar-refractivity contribution in [2.75, 3.05) is 53.7 Å². The summed E-state index contributed by atoms with van der Waals surface area (Å²) in [5, 5.41) is 6.18. The van der Waals surface area contributed by atoms with Crippen LogP contribution in [0.3, 0.4) is 0 Å². The number of ether oxygens (including phenoxy) is 1. The molecule has 2 aromatic heterocycles. The van der Waals surface area contributed by atoms with Crippen molar-refractivity contribution < 1.29 is 22.7 Å². The third kappa shape index (κ3) is 7.18. The van der Waals surface area contributed by atoms with Gasteiger partial charge in [0.25, 0.3) is 5.91 Å². The summed E-state index contributed by atoms with van der Waals surface area (Å²) in [6.07, 6.45) is 6.42. The van der Waals surface area contributed by atoms with Gasteiger partial charge < -0.3 is 30.2 Å². The molecule has 4 heterocycles. The van der Waals surface area contributed by atoms with E-state index in [0.717, 1.165) is 50.9 Å². The fourth-order valence-corrected chi connectivity index (χ4v) is 6.52. The molecule has 252 valence electrons. The van der Waals surface area contributed by atoms with Gasteiger partial charge in [-0.15, -0.1) is 0 Å². The lowest BCUT2D eigenvalue weighted by molar-refractivity contribution is -0.137. The lowest BCUT2D eigenvalue weighted by Gasteiger charge is -2.38. The Morgan fingerprint density at radius 1 is 0.958 bits per heavy atom. The summed E-state index contributed by atoms with van der Waals surface area (Å²) >= 11 is 0. The van der Waals surface area contributed by atoms with E-state index in [-0.39, 0.29) is 5.56 Å². The first-order chi connectivity index (χ1) is 23.2. The number of hydrogen-bond donors (Lipinski definition) is 3. The Labute approximate surface area is 276 Å². The number of amides is 1. The minimum atomic E-state index is -4.61. The van der Waals surface area contributed by atoms with Crippen LogP contribution < -0.4 is 25.2 Å². The largest absolute Gasteiger partial charge is 0.497 e. The first kappa shape index (κ1) is 31.7. The highest BCUT2D eigenvalue weighted by Crippen LogP contribution is 2.38. The van der Waals surface area contributed by atoms with Gasteiger partial charge in [-0.05, 0) is 75.9 Å². The maximum atomic E-state index is 14.1. The van der Waals surface area contributed by atoms with Gasteiger partial charge in [-0.2, -0.15) is 13.2 Å². The van der Waals surface area contributed by atoms with Gasteiger partial charge in [-0.25, -0.2) is 15.0 Å². The predicted octanol–water partition coefficient (Wildman–Crippen LogP) is 6.59. The van der Waals surface area contributed by atoms with E-state index < -0.39 is 17.6 Å². The molecule has 0 spiro atoms. The number of piperidine rings is 1. The van der Waals surface area contributed by atoms with Crippen molar-refractivity contribution in [3.05, 3.63) is 72.3 Å². The van der Waals surface area contributed by atoms with Gasteiger partial charge in [-0.3, -0.25) is 9.69 Å². The number of alkyl halides is 3. The SMILES string of the molecule is COc1cc(NC(=O)c2cc(N3CCC(N4CCCC4)CC3)cc(C(F)(F)F)c2)cc(N(c2cc(NC3CC3)ncn2)c2ncc[nH]2)c1. The molecule has 3 fully saturated rings. The number of rotatable bonds is 10. The van der Waals surface area contributed by atoms with Crippen molar-refractivity contribution in [2.24, 2.45) is 0 Å². The smallest absolute Gasteiger partial charge is 0.416 e. The molecule has 14 heteroatoms. The molecule has 1 amide bonds. The Bertz CT molecular complexity index is 1730. The maximum absolute atomic E-state index is 14.1. The van der Waals surface area contributed by atoms with Crippen LogP contribution in [0.1, 0.15) is 54.4 Å². The van der Waals surface area contributed by atoms with E-state index in [1.807, 2.05) is 4.90 Å². The zero-order chi connectivity index (χ0) is 33.3. The van der Waals surface area contributed by atoms with Crippen LogP contribution in [0.5, 0.6) is 5.75 Å². The van der Waals surface area contributed by atoms with Crippen molar-refractivity contribution in [3.8, 4) is 5.75 Å². The van der Waals surface area contributed by atoms with Crippen LogP contribution in [0.15, 0.2) is 61.2 Å². The van der Waals surface area contributed by atoms with E-state index in [0.29, 0.717) is 65.6 Å². The second-order valence-electron chi connectivity index (χ2n) is 12.5. The zero-order valence-corrected chi connectivity index (χ0v) is 26.6. The van der Waals surface area contributed by atoms with E-state index in [1.54, 1.807) is 47.6 Å². The summed E-state index contributed by atoms with van der Waals surface area (Å²) in [5.41, 5.74) is 0.314. The van der Waals surface area contributed by atoms with Gasteiger partial charge in [0.1, 0.15) is 23.7 Å². The van der Waals surface area contributed by atoms with Crippen molar-refractivity contribution in [2.45, 2.75) is 56.8 Å². The Kier molecular flexibility index (Phi) is 8.82. The quantitative estimate of drug-likeness (QED) is 0.173. The predicted molar refractivity (Wildman–Crippen MR) is 177 cm³/mol. The summed E-state index contributed by atoms with van der Waals surface area (Å²) in [5.74, 6) is 1.36. The normalized spacial score (nSPS) is 17.4. The Hall–Kier alpha value is -4.85. The van der Waals surface area contributed by atoms with E-state index in [9.17, 15) is 18.0 Å². The standard InChI is InChI=1S/C34H38F3N9O2/c1-48-29-18-25(17-28(19-29)46(33-38-8-9-39-33)31-20-30(40-21-41-31)42-24-4-5-24)43-32(47)22-14-23(34(35,36)37)16-27(15-22)45-12-6-26(7-13-45)44-10-2-3-11-44/h8-9,14-21,24,26H,2-7,10-13H2,1H3,(H,38,39)(H,43,47)(H,40,41,42). The summed E-state index contributed by atoms with van der Waals surface area (Å²) in [6, 6.07) is 11.3. The minimum absolute atomic E-state index is 0.0830. The minimum Gasteiger partial charge on any atom is -0.497 e. The number of aromatic amines is 1. The molecule has 1 saturated carbocycles. The molecule has 0 radical (unpaired) electrons. The summed E-state index contributed by atoms with van der Waals surface area (Å²) in [4.78, 5) is 36.2. The van der Waals surface area contributed by atoms with Crippen LogP contribution in [-0.2, 0) is 6.18 Å². The number of carbonyl (C=O) groups is 1. The van der Waals surface area contributed by atoms with Crippen molar-refractivity contribution in [1.29, 1.82) is 0 Å².